The number of nitrogens with two attached hydrogens (primary N) is 1. The molecule has 1 fully saturated rings. The van der Waals surface area contributed by atoms with Crippen molar-refractivity contribution in [2.24, 2.45) is 11.1 Å². The summed E-state index contributed by atoms with van der Waals surface area (Å²) in [6.45, 7) is 1.40. The second-order valence-corrected chi connectivity index (χ2v) is 5.95. The average Bonchev–Trinajstić information content (AvgIpc) is 2.42. The van der Waals surface area contributed by atoms with Crippen molar-refractivity contribution in [2.75, 3.05) is 25.1 Å². The van der Waals surface area contributed by atoms with Crippen LogP contribution in [-0.2, 0) is 9.53 Å². The first-order chi connectivity index (χ1) is 9.07. The molecule has 0 bridgehead atoms. The highest BCUT2D eigenvalue weighted by atomic mass is 79.9. The average molecular weight is 394 g/mol. The molecule has 0 unspecified atom stereocenters. The van der Waals surface area contributed by atoms with E-state index in [2.05, 4.69) is 47.1 Å². The number of aromatic nitrogens is 2. The van der Waals surface area contributed by atoms with Crippen LogP contribution in [0.4, 0.5) is 5.82 Å². The van der Waals surface area contributed by atoms with Crippen molar-refractivity contribution < 1.29 is 9.53 Å². The summed E-state index contributed by atoms with van der Waals surface area (Å²) >= 11 is 6.48. The van der Waals surface area contributed by atoms with E-state index in [1.807, 2.05) is 0 Å². The molecule has 0 aliphatic carbocycles. The largest absolute Gasteiger partial charge is 0.381 e. The van der Waals surface area contributed by atoms with Crippen molar-refractivity contribution in [3.8, 4) is 0 Å². The van der Waals surface area contributed by atoms with Gasteiger partial charge in [0.2, 0.25) is 5.91 Å². The number of carbonyl (C=O) groups is 1. The van der Waals surface area contributed by atoms with E-state index in [0.717, 1.165) is 0 Å². The molecule has 2 rings (SSSR count). The molecular weight excluding hydrogens is 380 g/mol. The fourth-order valence-corrected chi connectivity index (χ4v) is 2.87. The minimum atomic E-state index is -0.577. The summed E-state index contributed by atoms with van der Waals surface area (Å²) in [5.74, 6) is 0.267. The zero-order valence-corrected chi connectivity index (χ0v) is 13.3. The predicted molar refractivity (Wildman–Crippen MR) is 77.6 cm³/mol. The monoisotopic (exact) mass is 392 g/mol. The van der Waals surface area contributed by atoms with E-state index in [0.29, 0.717) is 47.6 Å². The van der Waals surface area contributed by atoms with Crippen molar-refractivity contribution in [2.45, 2.75) is 12.8 Å². The van der Waals surface area contributed by atoms with Crippen LogP contribution >= 0.6 is 31.9 Å². The van der Waals surface area contributed by atoms with Crippen LogP contribution in [0, 0.1) is 5.41 Å². The highest BCUT2D eigenvalue weighted by Gasteiger charge is 2.39. The normalized spacial score (nSPS) is 18.1. The van der Waals surface area contributed by atoms with Crippen LogP contribution in [-0.4, -0.2) is 35.6 Å². The number of hydrogen-bond donors (Lipinski definition) is 2. The third-order valence-electron chi connectivity index (χ3n) is 3.25. The van der Waals surface area contributed by atoms with E-state index in [1.54, 1.807) is 0 Å². The van der Waals surface area contributed by atoms with Gasteiger partial charge in [-0.3, -0.25) is 4.79 Å². The van der Waals surface area contributed by atoms with Crippen LogP contribution in [0.25, 0.3) is 0 Å². The zero-order chi connectivity index (χ0) is 13.9. The van der Waals surface area contributed by atoms with Gasteiger partial charge in [-0.25, -0.2) is 9.97 Å². The first-order valence-corrected chi connectivity index (χ1v) is 7.43. The molecule has 0 radical (unpaired) electrons. The van der Waals surface area contributed by atoms with Crippen LogP contribution < -0.4 is 11.1 Å². The highest BCUT2D eigenvalue weighted by molar-refractivity contribution is 9.11. The van der Waals surface area contributed by atoms with Gasteiger partial charge in [-0.2, -0.15) is 0 Å². The zero-order valence-electron chi connectivity index (χ0n) is 10.2. The summed E-state index contributed by atoms with van der Waals surface area (Å²) in [5, 5.41) is 2.78. The maximum absolute atomic E-state index is 12.4. The van der Waals surface area contributed by atoms with Gasteiger partial charge in [0.1, 0.15) is 9.21 Å². The highest BCUT2D eigenvalue weighted by Crippen LogP contribution is 2.31. The molecule has 1 aliphatic rings. The van der Waals surface area contributed by atoms with E-state index >= 15 is 0 Å². The van der Waals surface area contributed by atoms with Crippen LogP contribution in [0.2, 0.25) is 0 Å². The topological polar surface area (TPSA) is 90.1 Å². The van der Waals surface area contributed by atoms with Crippen molar-refractivity contribution in [3.05, 3.63) is 15.4 Å². The van der Waals surface area contributed by atoms with Gasteiger partial charge in [0.05, 0.1) is 11.6 Å². The first-order valence-electron chi connectivity index (χ1n) is 5.85. The van der Waals surface area contributed by atoms with E-state index in [9.17, 15) is 4.79 Å². The predicted octanol–water partition coefficient (Wildman–Crippen LogP) is 1.70. The summed E-state index contributed by atoms with van der Waals surface area (Å²) in [6.07, 6.45) is 2.77. The van der Waals surface area contributed by atoms with Gasteiger partial charge in [-0.15, -0.1) is 0 Å². The lowest BCUT2D eigenvalue weighted by molar-refractivity contribution is -0.130. The van der Waals surface area contributed by atoms with Crippen LogP contribution in [0.3, 0.4) is 0 Å². The van der Waals surface area contributed by atoms with Gasteiger partial charge in [-0.05, 0) is 44.7 Å². The molecule has 0 atom stereocenters. The Bertz CT molecular complexity index is 478. The van der Waals surface area contributed by atoms with Crippen LogP contribution in [0.15, 0.2) is 15.4 Å². The van der Waals surface area contributed by atoms with Crippen molar-refractivity contribution in [1.82, 2.24) is 9.97 Å². The van der Waals surface area contributed by atoms with Crippen LogP contribution in [0.1, 0.15) is 12.8 Å². The van der Waals surface area contributed by atoms with Crippen molar-refractivity contribution in [3.63, 3.8) is 0 Å². The summed E-state index contributed by atoms with van der Waals surface area (Å²) in [6, 6.07) is 0. The molecular formula is C11H14Br2N4O2. The molecule has 104 valence electrons. The Balaban J connectivity index is 2.15. The summed E-state index contributed by atoms with van der Waals surface area (Å²) in [4.78, 5) is 20.6. The van der Waals surface area contributed by atoms with Gasteiger partial charge in [-0.1, -0.05) is 0 Å². The Morgan fingerprint density at radius 3 is 2.74 bits per heavy atom. The molecule has 0 aromatic carbocycles. The molecule has 0 spiro atoms. The second kappa shape index (κ2) is 6.25. The first kappa shape index (κ1) is 14.8. The number of nitrogens with zero attached hydrogens (tertiary/aromatic N) is 2. The fraction of sp³-hybridized carbons (Fsp3) is 0.545. The molecule has 6 nitrogen and oxygen atoms in total. The Morgan fingerprint density at radius 1 is 1.47 bits per heavy atom. The summed E-state index contributed by atoms with van der Waals surface area (Å²) in [5.41, 5.74) is 5.21. The minimum Gasteiger partial charge on any atom is -0.381 e. The van der Waals surface area contributed by atoms with Gasteiger partial charge >= 0.3 is 0 Å². The Kier molecular flexibility index (Phi) is 4.88. The van der Waals surface area contributed by atoms with E-state index in [-0.39, 0.29) is 5.91 Å². The smallest absolute Gasteiger partial charge is 0.233 e. The van der Waals surface area contributed by atoms with Crippen molar-refractivity contribution >= 4 is 43.6 Å². The van der Waals surface area contributed by atoms with Gasteiger partial charge in [0.15, 0.2) is 5.82 Å². The van der Waals surface area contributed by atoms with Gasteiger partial charge in [0.25, 0.3) is 0 Å². The number of hydrogen-bond acceptors (Lipinski definition) is 5. The number of amides is 1. The number of halogens is 2. The Morgan fingerprint density at radius 2 is 2.16 bits per heavy atom. The third-order valence-corrected chi connectivity index (χ3v) is 4.19. The van der Waals surface area contributed by atoms with Gasteiger partial charge in [0, 0.05) is 19.8 Å². The summed E-state index contributed by atoms with van der Waals surface area (Å²) in [7, 11) is 0. The van der Waals surface area contributed by atoms with E-state index in [4.69, 9.17) is 10.5 Å². The number of anilines is 1. The molecule has 1 aromatic heterocycles. The maximum Gasteiger partial charge on any atom is 0.233 e. The molecule has 1 amide bonds. The molecule has 3 N–H and O–H groups in total. The number of rotatable bonds is 3. The lowest BCUT2D eigenvalue weighted by atomic mass is 9.79. The number of carbonyl (C=O) groups excluding carboxylic acids is 1. The van der Waals surface area contributed by atoms with Crippen LogP contribution in [0.5, 0.6) is 0 Å². The molecule has 1 aliphatic heterocycles. The van der Waals surface area contributed by atoms with E-state index in [1.165, 1.54) is 6.20 Å². The fourth-order valence-electron chi connectivity index (χ4n) is 1.96. The standard InChI is InChI=1S/C11H14Br2N4O2/c12-7-5-15-9(8(13)16-7)17-10(18)11(6-14)1-3-19-4-2-11/h5H,1-4,6,14H2,(H,15,17,18). The Hall–Kier alpha value is -0.570. The maximum atomic E-state index is 12.4. The second-order valence-electron chi connectivity index (χ2n) is 4.38. The lowest BCUT2D eigenvalue weighted by Crippen LogP contribution is -2.46. The summed E-state index contributed by atoms with van der Waals surface area (Å²) < 4.78 is 6.36. The third kappa shape index (κ3) is 3.31. The molecule has 2 heterocycles. The minimum absolute atomic E-state index is 0.129. The quantitative estimate of drug-likeness (QED) is 0.815. The molecule has 1 aromatic rings. The number of nitrogens with one attached hydrogen (secondary N) is 1. The Labute approximate surface area is 127 Å². The SMILES string of the molecule is NCC1(C(=O)Nc2ncc(Br)nc2Br)CCOCC1. The molecule has 19 heavy (non-hydrogen) atoms. The molecule has 1 saturated heterocycles. The van der Waals surface area contributed by atoms with Gasteiger partial charge < -0.3 is 15.8 Å². The molecule has 8 heteroatoms. The number of ether oxygens (including phenoxy) is 1. The van der Waals surface area contributed by atoms with Crippen molar-refractivity contribution in [1.29, 1.82) is 0 Å². The van der Waals surface area contributed by atoms with E-state index < -0.39 is 5.41 Å². The lowest BCUT2D eigenvalue weighted by Gasteiger charge is -2.34. The molecule has 0 saturated carbocycles.